The summed E-state index contributed by atoms with van der Waals surface area (Å²) in [7, 11) is -4.60. The lowest BCUT2D eigenvalue weighted by molar-refractivity contribution is -0.117. The van der Waals surface area contributed by atoms with Gasteiger partial charge in [0.25, 0.3) is 0 Å². The first-order valence-electron chi connectivity index (χ1n) is 5.90. The third-order valence-corrected chi connectivity index (χ3v) is 3.98. The van der Waals surface area contributed by atoms with Gasteiger partial charge in [0.2, 0.25) is 5.91 Å². The molecule has 0 radical (unpaired) electrons. The van der Waals surface area contributed by atoms with Crippen LogP contribution < -0.4 is 4.90 Å². The number of aromatic nitrogens is 1. The van der Waals surface area contributed by atoms with Gasteiger partial charge in [0, 0.05) is 18.9 Å². The normalized spacial score (nSPS) is 19.1. The van der Waals surface area contributed by atoms with Crippen molar-refractivity contribution < 1.29 is 17.1 Å². The predicted molar refractivity (Wildman–Crippen MR) is 69.0 cm³/mol. The summed E-state index contributed by atoms with van der Waals surface area (Å²) in [6, 6.07) is 5.04. The van der Waals surface area contributed by atoms with Crippen molar-refractivity contribution in [3.63, 3.8) is 0 Å². The molecule has 1 aliphatic rings. The molecule has 0 saturated carbocycles. The van der Waals surface area contributed by atoms with Gasteiger partial charge in [-0.05, 0) is 19.1 Å². The summed E-state index contributed by atoms with van der Waals surface area (Å²) in [5, 5.41) is 8.82. The zero-order chi connectivity index (χ0) is 14.9. The fourth-order valence-corrected chi connectivity index (χ4v) is 3.00. The van der Waals surface area contributed by atoms with Crippen molar-refractivity contribution in [2.75, 3.05) is 17.2 Å². The molecule has 106 valence electrons. The maximum atomic E-state index is 12.7. The lowest BCUT2D eigenvalue weighted by atomic mass is 10.1. The Morgan fingerprint density at radius 3 is 2.80 bits per heavy atom. The van der Waals surface area contributed by atoms with Gasteiger partial charge < -0.3 is 0 Å². The number of halogens is 1. The van der Waals surface area contributed by atoms with E-state index in [2.05, 4.69) is 4.98 Å². The van der Waals surface area contributed by atoms with Crippen molar-refractivity contribution in [2.24, 2.45) is 5.92 Å². The van der Waals surface area contributed by atoms with Gasteiger partial charge in [-0.1, -0.05) is 0 Å². The number of amides is 1. The van der Waals surface area contributed by atoms with Crippen LogP contribution in [0.25, 0.3) is 0 Å². The number of aryl methyl sites for hydroxylation is 1. The van der Waals surface area contributed by atoms with E-state index in [-0.39, 0.29) is 18.9 Å². The molecule has 1 saturated heterocycles. The Kier molecular flexibility index (Phi) is 3.72. The first kappa shape index (κ1) is 14.4. The Morgan fingerprint density at radius 2 is 2.25 bits per heavy atom. The van der Waals surface area contributed by atoms with Crippen LogP contribution in [0, 0.1) is 24.2 Å². The molecule has 1 fully saturated rings. The van der Waals surface area contributed by atoms with Crippen molar-refractivity contribution in [3.8, 4) is 6.07 Å². The van der Waals surface area contributed by atoms with Gasteiger partial charge in [0.05, 0.1) is 17.0 Å². The van der Waals surface area contributed by atoms with Crippen LogP contribution in [0.5, 0.6) is 0 Å². The first-order chi connectivity index (χ1) is 9.30. The number of carbonyl (C=O) groups is 1. The van der Waals surface area contributed by atoms with Gasteiger partial charge in [-0.15, -0.1) is 3.89 Å². The average Bonchev–Trinajstić information content (AvgIpc) is 2.67. The van der Waals surface area contributed by atoms with Crippen LogP contribution in [0.2, 0.25) is 0 Å². The molecular weight excluding hydrogens is 285 g/mol. The molecule has 1 unspecified atom stereocenters. The zero-order valence-electron chi connectivity index (χ0n) is 10.7. The van der Waals surface area contributed by atoms with E-state index >= 15 is 0 Å². The fraction of sp³-hybridized carbons (Fsp3) is 0.417. The van der Waals surface area contributed by atoms with Crippen LogP contribution in [0.15, 0.2) is 12.1 Å². The van der Waals surface area contributed by atoms with Gasteiger partial charge in [0.15, 0.2) is 0 Å². The summed E-state index contributed by atoms with van der Waals surface area (Å²) in [6.07, 6.45) is -0.0239. The summed E-state index contributed by atoms with van der Waals surface area (Å²) < 4.78 is 33.9. The topological polar surface area (TPSA) is 91.1 Å². The molecule has 1 amide bonds. The van der Waals surface area contributed by atoms with Crippen LogP contribution >= 0.6 is 0 Å². The van der Waals surface area contributed by atoms with Crippen LogP contribution in [-0.2, 0) is 15.0 Å². The molecule has 20 heavy (non-hydrogen) atoms. The minimum absolute atomic E-state index is 0.0239. The van der Waals surface area contributed by atoms with E-state index in [1.165, 1.54) is 11.0 Å². The first-order valence-corrected chi connectivity index (χ1v) is 7.46. The Balaban J connectivity index is 2.20. The standard InChI is InChI=1S/C12H12FN3O3S/c1-8-10(5-14)2-3-11(15-8)16-6-9(4-12(16)17)7-20(13,18)19/h2-3,9H,4,6-7H2,1H3. The van der Waals surface area contributed by atoms with Crippen molar-refractivity contribution >= 4 is 21.9 Å². The maximum Gasteiger partial charge on any atom is 0.302 e. The minimum Gasteiger partial charge on any atom is -0.296 e. The summed E-state index contributed by atoms with van der Waals surface area (Å²) in [5.41, 5.74) is 0.891. The minimum atomic E-state index is -4.60. The lowest BCUT2D eigenvalue weighted by Crippen LogP contribution is -2.26. The Bertz CT molecular complexity index is 696. The van der Waals surface area contributed by atoms with Gasteiger partial charge in [-0.2, -0.15) is 13.7 Å². The SMILES string of the molecule is Cc1nc(N2CC(CS(=O)(=O)F)CC2=O)ccc1C#N. The Hall–Kier alpha value is -2.01. The van der Waals surface area contributed by atoms with Crippen LogP contribution in [0.1, 0.15) is 17.7 Å². The van der Waals surface area contributed by atoms with Crippen LogP contribution in [0.3, 0.4) is 0 Å². The second kappa shape index (κ2) is 5.17. The molecule has 1 aromatic heterocycles. The molecule has 1 atom stereocenters. The molecule has 0 aliphatic carbocycles. The van der Waals surface area contributed by atoms with E-state index in [9.17, 15) is 17.1 Å². The van der Waals surface area contributed by atoms with E-state index in [4.69, 9.17) is 5.26 Å². The van der Waals surface area contributed by atoms with Gasteiger partial charge >= 0.3 is 10.2 Å². The molecule has 2 heterocycles. The second-order valence-electron chi connectivity index (χ2n) is 4.69. The highest BCUT2D eigenvalue weighted by Crippen LogP contribution is 2.25. The lowest BCUT2D eigenvalue weighted by Gasteiger charge is -2.16. The van der Waals surface area contributed by atoms with Gasteiger partial charge in [-0.3, -0.25) is 9.69 Å². The summed E-state index contributed by atoms with van der Waals surface area (Å²) in [6.45, 7) is 1.76. The quantitative estimate of drug-likeness (QED) is 0.773. The van der Waals surface area contributed by atoms with Gasteiger partial charge in [0.1, 0.15) is 11.9 Å². The van der Waals surface area contributed by atoms with E-state index in [1.807, 2.05) is 6.07 Å². The second-order valence-corrected chi connectivity index (χ2v) is 6.11. The third kappa shape index (κ3) is 3.11. The monoisotopic (exact) mass is 297 g/mol. The Labute approximate surface area is 116 Å². The number of carbonyl (C=O) groups excluding carboxylic acids is 1. The molecule has 1 aromatic rings. The molecular formula is C12H12FN3O3S. The highest BCUT2D eigenvalue weighted by Gasteiger charge is 2.34. The highest BCUT2D eigenvalue weighted by molar-refractivity contribution is 7.86. The number of pyridine rings is 1. The van der Waals surface area contributed by atoms with E-state index in [1.54, 1.807) is 13.0 Å². The van der Waals surface area contributed by atoms with E-state index in [0.29, 0.717) is 17.1 Å². The van der Waals surface area contributed by atoms with Crippen molar-refractivity contribution in [1.82, 2.24) is 4.98 Å². The van der Waals surface area contributed by atoms with Crippen molar-refractivity contribution in [1.29, 1.82) is 5.26 Å². The fourth-order valence-electron chi connectivity index (χ4n) is 2.21. The largest absolute Gasteiger partial charge is 0.302 e. The molecule has 1 aliphatic heterocycles. The molecule has 6 nitrogen and oxygen atoms in total. The third-order valence-electron chi connectivity index (χ3n) is 3.11. The van der Waals surface area contributed by atoms with Crippen molar-refractivity contribution in [2.45, 2.75) is 13.3 Å². The summed E-state index contributed by atoms with van der Waals surface area (Å²) in [4.78, 5) is 17.3. The highest BCUT2D eigenvalue weighted by atomic mass is 32.3. The molecule has 8 heteroatoms. The van der Waals surface area contributed by atoms with Crippen molar-refractivity contribution in [3.05, 3.63) is 23.4 Å². The predicted octanol–water partition coefficient (Wildman–Crippen LogP) is 0.914. The number of nitrogens with zero attached hydrogens (tertiary/aromatic N) is 3. The number of anilines is 1. The number of rotatable bonds is 3. The maximum absolute atomic E-state index is 12.7. The average molecular weight is 297 g/mol. The summed E-state index contributed by atoms with van der Waals surface area (Å²) >= 11 is 0. The Morgan fingerprint density at radius 1 is 1.55 bits per heavy atom. The van der Waals surface area contributed by atoms with E-state index in [0.717, 1.165) is 0 Å². The van der Waals surface area contributed by atoms with Gasteiger partial charge in [-0.25, -0.2) is 4.98 Å². The number of hydrogen-bond acceptors (Lipinski definition) is 5. The van der Waals surface area contributed by atoms with Crippen LogP contribution in [0.4, 0.5) is 9.70 Å². The summed E-state index contributed by atoms with van der Waals surface area (Å²) in [5.74, 6) is -1.18. The smallest absolute Gasteiger partial charge is 0.296 e. The zero-order valence-corrected chi connectivity index (χ0v) is 11.5. The molecule has 0 bridgehead atoms. The number of hydrogen-bond donors (Lipinski definition) is 0. The molecule has 0 N–H and O–H groups in total. The number of nitriles is 1. The molecule has 2 rings (SSSR count). The van der Waals surface area contributed by atoms with Crippen LogP contribution in [-0.4, -0.2) is 31.6 Å². The molecule has 0 spiro atoms. The van der Waals surface area contributed by atoms with E-state index < -0.39 is 21.9 Å². The molecule has 0 aromatic carbocycles.